The number of benzene rings is 1. The molecule has 3 heteroatoms. The Morgan fingerprint density at radius 3 is 2.42 bits per heavy atom. The molecular weight excluding hydrogens is 236 g/mol. The Morgan fingerprint density at radius 2 is 1.89 bits per heavy atom. The van der Waals surface area contributed by atoms with E-state index in [1.54, 1.807) is 0 Å². The second kappa shape index (κ2) is 13.1. The Kier molecular flexibility index (Phi) is 12.2. The molecule has 0 aliphatic carbocycles. The predicted octanol–water partition coefficient (Wildman–Crippen LogP) is 3.73. The molecule has 0 saturated carbocycles. The van der Waals surface area contributed by atoms with Crippen LogP contribution in [-0.2, 0) is 11.2 Å². The predicted molar refractivity (Wildman–Crippen MR) is 83.3 cm³/mol. The van der Waals surface area contributed by atoms with Gasteiger partial charge in [-0.1, -0.05) is 45.2 Å². The highest BCUT2D eigenvalue weighted by molar-refractivity contribution is 5.71. The molecule has 0 aromatic heterocycles. The van der Waals surface area contributed by atoms with E-state index in [1.807, 2.05) is 18.2 Å². The number of carbonyl (C=O) groups excluding carboxylic acids is 1. The zero-order valence-corrected chi connectivity index (χ0v) is 12.3. The molecule has 1 rings (SSSR count). The minimum absolute atomic E-state index is 0.713. The number of amides is 1. The van der Waals surface area contributed by atoms with E-state index in [0.29, 0.717) is 6.41 Å². The maximum atomic E-state index is 10.2. The van der Waals surface area contributed by atoms with Gasteiger partial charge in [-0.05, 0) is 43.5 Å². The summed E-state index contributed by atoms with van der Waals surface area (Å²) in [4.78, 5) is 10.2. The first-order valence-electron chi connectivity index (χ1n) is 7.27. The molecule has 0 atom stereocenters. The zero-order valence-electron chi connectivity index (χ0n) is 12.3. The molecule has 108 valence electrons. The number of hydrogen-bond acceptors (Lipinski definition) is 2. The Morgan fingerprint density at radius 1 is 1.16 bits per heavy atom. The molecule has 19 heavy (non-hydrogen) atoms. The molecule has 1 amide bonds. The summed E-state index contributed by atoms with van der Waals surface area (Å²) in [5.41, 5.74) is 7.32. The quantitative estimate of drug-likeness (QED) is 0.555. The van der Waals surface area contributed by atoms with Crippen molar-refractivity contribution in [3.05, 3.63) is 29.8 Å². The van der Waals surface area contributed by atoms with E-state index in [0.717, 1.165) is 18.7 Å². The highest BCUT2D eigenvalue weighted by atomic mass is 16.1. The first-order valence-corrected chi connectivity index (χ1v) is 7.27. The maximum absolute atomic E-state index is 10.2. The SMILES string of the molecule is CCCCCc1cccc(NC=O)c1.CCCCN. The van der Waals surface area contributed by atoms with Crippen LogP contribution in [0.2, 0.25) is 0 Å². The number of unbranched alkanes of at least 4 members (excludes halogenated alkanes) is 3. The topological polar surface area (TPSA) is 55.1 Å². The number of hydrogen-bond donors (Lipinski definition) is 2. The van der Waals surface area contributed by atoms with Crippen molar-refractivity contribution in [2.75, 3.05) is 11.9 Å². The Hall–Kier alpha value is -1.35. The smallest absolute Gasteiger partial charge is 0.211 e. The minimum atomic E-state index is 0.713. The van der Waals surface area contributed by atoms with Gasteiger partial charge in [-0.3, -0.25) is 4.79 Å². The number of nitrogens with one attached hydrogen (secondary N) is 1. The van der Waals surface area contributed by atoms with E-state index in [4.69, 9.17) is 5.73 Å². The first kappa shape index (κ1) is 17.6. The normalized spacial score (nSPS) is 9.42. The zero-order chi connectivity index (χ0) is 14.3. The molecule has 0 spiro atoms. The lowest BCUT2D eigenvalue weighted by molar-refractivity contribution is -0.105. The molecule has 0 saturated heterocycles. The summed E-state index contributed by atoms with van der Waals surface area (Å²) in [6.45, 7) is 5.17. The molecule has 3 N–H and O–H groups in total. The Balaban J connectivity index is 0.000000555. The van der Waals surface area contributed by atoms with Gasteiger partial charge in [-0.2, -0.15) is 0 Å². The van der Waals surface area contributed by atoms with Crippen molar-refractivity contribution in [1.82, 2.24) is 0 Å². The molecule has 0 aliphatic heterocycles. The fourth-order valence-corrected chi connectivity index (χ4v) is 1.67. The molecule has 0 aliphatic rings. The summed E-state index contributed by atoms with van der Waals surface area (Å²) < 4.78 is 0. The summed E-state index contributed by atoms with van der Waals surface area (Å²) in [7, 11) is 0. The van der Waals surface area contributed by atoms with Gasteiger partial charge in [0.05, 0.1) is 0 Å². The summed E-state index contributed by atoms with van der Waals surface area (Å²) in [6, 6.07) is 8.01. The van der Waals surface area contributed by atoms with Crippen molar-refractivity contribution >= 4 is 12.1 Å². The Labute approximate surface area is 117 Å². The second-order valence-electron chi connectivity index (χ2n) is 4.56. The molecule has 1 aromatic carbocycles. The van der Waals surface area contributed by atoms with Crippen LogP contribution in [0.3, 0.4) is 0 Å². The van der Waals surface area contributed by atoms with Gasteiger partial charge in [0.25, 0.3) is 0 Å². The van der Waals surface area contributed by atoms with Crippen LogP contribution in [0.1, 0.15) is 51.5 Å². The van der Waals surface area contributed by atoms with Crippen molar-refractivity contribution < 1.29 is 4.79 Å². The van der Waals surface area contributed by atoms with Gasteiger partial charge >= 0.3 is 0 Å². The summed E-state index contributed by atoms with van der Waals surface area (Å²) in [5, 5.41) is 2.66. The lowest BCUT2D eigenvalue weighted by Gasteiger charge is -2.03. The second-order valence-corrected chi connectivity index (χ2v) is 4.56. The van der Waals surface area contributed by atoms with Crippen molar-refractivity contribution in [2.45, 2.75) is 52.4 Å². The lowest BCUT2D eigenvalue weighted by Crippen LogP contribution is -1.95. The van der Waals surface area contributed by atoms with Crippen LogP contribution < -0.4 is 11.1 Å². The highest BCUT2D eigenvalue weighted by Gasteiger charge is 1.94. The van der Waals surface area contributed by atoms with Gasteiger partial charge in [-0.15, -0.1) is 0 Å². The number of nitrogens with two attached hydrogens (primary N) is 1. The van der Waals surface area contributed by atoms with Gasteiger partial charge in [-0.25, -0.2) is 0 Å². The summed E-state index contributed by atoms with van der Waals surface area (Å²) in [5.74, 6) is 0. The van der Waals surface area contributed by atoms with Gasteiger partial charge in [0.2, 0.25) is 6.41 Å². The minimum Gasteiger partial charge on any atom is -0.330 e. The van der Waals surface area contributed by atoms with Crippen LogP contribution >= 0.6 is 0 Å². The molecule has 0 radical (unpaired) electrons. The van der Waals surface area contributed by atoms with Gasteiger partial charge < -0.3 is 11.1 Å². The number of aryl methyl sites for hydroxylation is 1. The monoisotopic (exact) mass is 264 g/mol. The van der Waals surface area contributed by atoms with Crippen LogP contribution in [0.25, 0.3) is 0 Å². The maximum Gasteiger partial charge on any atom is 0.211 e. The molecule has 3 nitrogen and oxygen atoms in total. The third-order valence-electron chi connectivity index (χ3n) is 2.78. The average molecular weight is 264 g/mol. The molecular formula is C16H28N2O. The molecule has 0 bridgehead atoms. The van der Waals surface area contributed by atoms with Crippen molar-refractivity contribution in [2.24, 2.45) is 5.73 Å². The van der Waals surface area contributed by atoms with Gasteiger partial charge in [0, 0.05) is 5.69 Å². The van der Waals surface area contributed by atoms with Crippen molar-refractivity contribution in [1.29, 1.82) is 0 Å². The molecule has 1 aromatic rings. The number of rotatable bonds is 8. The fourth-order valence-electron chi connectivity index (χ4n) is 1.67. The Bertz CT molecular complexity index is 324. The third-order valence-corrected chi connectivity index (χ3v) is 2.78. The third kappa shape index (κ3) is 10.3. The number of carbonyl (C=O) groups is 1. The van der Waals surface area contributed by atoms with E-state index in [-0.39, 0.29) is 0 Å². The first-order chi connectivity index (χ1) is 9.28. The van der Waals surface area contributed by atoms with Crippen LogP contribution in [0.5, 0.6) is 0 Å². The van der Waals surface area contributed by atoms with Crippen LogP contribution in [0.4, 0.5) is 5.69 Å². The fraction of sp³-hybridized carbons (Fsp3) is 0.562. The molecule has 0 heterocycles. The van der Waals surface area contributed by atoms with Crippen molar-refractivity contribution in [3.63, 3.8) is 0 Å². The van der Waals surface area contributed by atoms with Gasteiger partial charge in [0.1, 0.15) is 0 Å². The standard InChI is InChI=1S/C12H17NO.C4H11N/c1-2-3-4-6-11-7-5-8-12(9-11)13-10-14;1-2-3-4-5/h5,7-10H,2-4,6H2,1H3,(H,13,14);2-5H2,1H3. The average Bonchev–Trinajstić information content (AvgIpc) is 2.42. The molecule has 0 unspecified atom stereocenters. The van der Waals surface area contributed by atoms with Crippen LogP contribution in [0, 0.1) is 0 Å². The van der Waals surface area contributed by atoms with E-state index < -0.39 is 0 Å². The number of anilines is 1. The highest BCUT2D eigenvalue weighted by Crippen LogP contribution is 2.12. The van der Waals surface area contributed by atoms with Crippen molar-refractivity contribution in [3.8, 4) is 0 Å². The summed E-state index contributed by atoms with van der Waals surface area (Å²) in [6.07, 6.45) is 7.93. The van der Waals surface area contributed by atoms with Crippen LogP contribution in [-0.4, -0.2) is 13.0 Å². The van der Waals surface area contributed by atoms with Gasteiger partial charge in [0.15, 0.2) is 0 Å². The van der Waals surface area contributed by atoms with E-state index >= 15 is 0 Å². The van der Waals surface area contributed by atoms with E-state index in [2.05, 4.69) is 25.2 Å². The lowest BCUT2D eigenvalue weighted by atomic mass is 10.1. The summed E-state index contributed by atoms with van der Waals surface area (Å²) >= 11 is 0. The van der Waals surface area contributed by atoms with E-state index in [1.165, 1.54) is 37.7 Å². The van der Waals surface area contributed by atoms with Crippen LogP contribution in [0.15, 0.2) is 24.3 Å². The largest absolute Gasteiger partial charge is 0.330 e. The molecule has 0 fully saturated rings. The van der Waals surface area contributed by atoms with E-state index in [9.17, 15) is 4.79 Å².